The lowest BCUT2D eigenvalue weighted by atomic mass is 9.98. The van der Waals surface area contributed by atoms with Crippen LogP contribution in [0.3, 0.4) is 0 Å². The van der Waals surface area contributed by atoms with Gasteiger partial charge in [0.25, 0.3) is 0 Å². The lowest BCUT2D eigenvalue weighted by molar-refractivity contribution is -0.151. The Bertz CT molecular complexity index is 364. The van der Waals surface area contributed by atoms with Crippen molar-refractivity contribution in [2.24, 2.45) is 0 Å². The molecule has 0 aromatic rings. The third-order valence-electron chi connectivity index (χ3n) is 4.65. The van der Waals surface area contributed by atoms with Crippen LogP contribution in [0.1, 0.15) is 90.9 Å². The van der Waals surface area contributed by atoms with Gasteiger partial charge in [0.1, 0.15) is 5.54 Å². The van der Waals surface area contributed by atoms with Crippen molar-refractivity contribution >= 4 is 12.1 Å². The first-order valence-electron chi connectivity index (χ1n) is 9.77. The predicted octanol–water partition coefficient (Wildman–Crippen LogP) is 4.73. The molecular weight excluding hydrogens is 306 g/mol. The van der Waals surface area contributed by atoms with E-state index in [1.807, 2.05) is 0 Å². The quantitative estimate of drug-likeness (QED) is 0.412. The number of hydrogen-bond acceptors (Lipinski definition) is 4. The van der Waals surface area contributed by atoms with Gasteiger partial charge in [-0.15, -0.1) is 0 Å². The summed E-state index contributed by atoms with van der Waals surface area (Å²) in [6.07, 6.45) is 11.2. The molecule has 0 aromatic heterocycles. The molecule has 1 aliphatic carbocycles. The van der Waals surface area contributed by atoms with Crippen LogP contribution in [0.2, 0.25) is 0 Å². The van der Waals surface area contributed by atoms with E-state index in [2.05, 4.69) is 19.2 Å². The molecule has 24 heavy (non-hydrogen) atoms. The summed E-state index contributed by atoms with van der Waals surface area (Å²) in [7, 11) is 0. The van der Waals surface area contributed by atoms with E-state index in [4.69, 9.17) is 9.47 Å². The van der Waals surface area contributed by atoms with Crippen LogP contribution in [-0.2, 0) is 14.3 Å². The van der Waals surface area contributed by atoms with Gasteiger partial charge in [-0.05, 0) is 25.7 Å². The van der Waals surface area contributed by atoms with Crippen molar-refractivity contribution in [1.82, 2.24) is 5.32 Å². The first-order valence-corrected chi connectivity index (χ1v) is 9.77. The first kappa shape index (κ1) is 20.8. The number of amides is 1. The van der Waals surface area contributed by atoms with Gasteiger partial charge < -0.3 is 14.8 Å². The van der Waals surface area contributed by atoms with E-state index < -0.39 is 11.6 Å². The molecule has 0 saturated heterocycles. The number of hydrogen-bond donors (Lipinski definition) is 1. The topological polar surface area (TPSA) is 64.6 Å². The van der Waals surface area contributed by atoms with E-state index >= 15 is 0 Å². The molecule has 1 N–H and O–H groups in total. The van der Waals surface area contributed by atoms with Crippen LogP contribution in [0.4, 0.5) is 4.79 Å². The van der Waals surface area contributed by atoms with Gasteiger partial charge in [-0.1, -0.05) is 65.2 Å². The number of ether oxygens (including phenoxy) is 2. The SMILES string of the molecule is CCCCCCOC(=O)NC1(C(=O)OCCCCCC)CCCC1. The highest BCUT2D eigenvalue weighted by molar-refractivity contribution is 5.86. The number of esters is 1. The molecule has 1 amide bonds. The maximum absolute atomic E-state index is 12.5. The van der Waals surface area contributed by atoms with Crippen molar-refractivity contribution in [3.63, 3.8) is 0 Å². The van der Waals surface area contributed by atoms with E-state index in [-0.39, 0.29) is 5.97 Å². The summed E-state index contributed by atoms with van der Waals surface area (Å²) >= 11 is 0. The maximum Gasteiger partial charge on any atom is 0.408 e. The van der Waals surface area contributed by atoms with Gasteiger partial charge in [0.2, 0.25) is 0 Å². The Morgan fingerprint density at radius 2 is 1.38 bits per heavy atom. The third-order valence-corrected chi connectivity index (χ3v) is 4.65. The van der Waals surface area contributed by atoms with Gasteiger partial charge >= 0.3 is 12.1 Å². The molecule has 1 aliphatic rings. The highest BCUT2D eigenvalue weighted by Crippen LogP contribution is 2.31. The standard InChI is InChI=1S/C19H35NO4/c1-3-5-7-11-15-23-17(21)19(13-9-10-14-19)20-18(22)24-16-12-8-6-4-2/h3-16H2,1-2H3,(H,20,22). The van der Waals surface area contributed by atoms with Crippen molar-refractivity contribution in [3.05, 3.63) is 0 Å². The number of carbonyl (C=O) groups excluding carboxylic acids is 2. The first-order chi connectivity index (χ1) is 11.6. The van der Waals surface area contributed by atoms with Crippen LogP contribution in [0, 0.1) is 0 Å². The predicted molar refractivity (Wildman–Crippen MR) is 94.9 cm³/mol. The Morgan fingerprint density at radius 1 is 0.833 bits per heavy atom. The average Bonchev–Trinajstić information content (AvgIpc) is 3.04. The van der Waals surface area contributed by atoms with Crippen LogP contribution < -0.4 is 5.32 Å². The van der Waals surface area contributed by atoms with Crippen LogP contribution in [-0.4, -0.2) is 30.8 Å². The third kappa shape index (κ3) is 7.54. The fourth-order valence-corrected chi connectivity index (χ4v) is 3.12. The molecule has 140 valence electrons. The van der Waals surface area contributed by atoms with E-state index in [9.17, 15) is 9.59 Å². The van der Waals surface area contributed by atoms with Crippen LogP contribution >= 0.6 is 0 Å². The zero-order valence-electron chi connectivity index (χ0n) is 15.5. The van der Waals surface area contributed by atoms with Crippen molar-refractivity contribution in [1.29, 1.82) is 0 Å². The van der Waals surface area contributed by atoms with Crippen molar-refractivity contribution in [3.8, 4) is 0 Å². The average molecular weight is 341 g/mol. The van der Waals surface area contributed by atoms with Gasteiger partial charge in [0.05, 0.1) is 13.2 Å². The minimum atomic E-state index is -0.870. The van der Waals surface area contributed by atoms with Gasteiger partial charge in [-0.25, -0.2) is 9.59 Å². The molecule has 0 atom stereocenters. The Balaban J connectivity index is 2.34. The second-order valence-electron chi connectivity index (χ2n) is 6.81. The summed E-state index contributed by atoms with van der Waals surface area (Å²) in [5.41, 5.74) is -0.870. The van der Waals surface area contributed by atoms with Gasteiger partial charge in [0.15, 0.2) is 0 Å². The summed E-state index contributed by atoms with van der Waals surface area (Å²) in [6, 6.07) is 0. The summed E-state index contributed by atoms with van der Waals surface area (Å²) in [4.78, 5) is 24.5. The molecule has 0 aliphatic heterocycles. The fraction of sp³-hybridized carbons (Fsp3) is 0.895. The minimum absolute atomic E-state index is 0.292. The summed E-state index contributed by atoms with van der Waals surface area (Å²) in [6.45, 7) is 5.14. The Morgan fingerprint density at radius 3 is 1.92 bits per heavy atom. The Kier molecular flexibility index (Phi) is 10.5. The van der Waals surface area contributed by atoms with Gasteiger partial charge in [0, 0.05) is 0 Å². The molecule has 0 bridgehead atoms. The number of alkyl carbamates (subject to hydrolysis) is 1. The van der Waals surface area contributed by atoms with E-state index in [0.717, 1.165) is 64.2 Å². The second kappa shape index (κ2) is 12.2. The van der Waals surface area contributed by atoms with Gasteiger partial charge in [-0.2, -0.15) is 0 Å². The highest BCUT2D eigenvalue weighted by Gasteiger charge is 2.44. The lowest BCUT2D eigenvalue weighted by Crippen LogP contribution is -2.53. The largest absolute Gasteiger partial charge is 0.464 e. The minimum Gasteiger partial charge on any atom is -0.464 e. The number of nitrogens with one attached hydrogen (secondary N) is 1. The number of rotatable bonds is 12. The van der Waals surface area contributed by atoms with Crippen molar-refractivity contribution < 1.29 is 19.1 Å². The molecule has 0 unspecified atom stereocenters. The fourth-order valence-electron chi connectivity index (χ4n) is 3.12. The lowest BCUT2D eigenvalue weighted by Gasteiger charge is -2.27. The molecule has 0 aromatic carbocycles. The Hall–Kier alpha value is -1.26. The summed E-state index contributed by atoms with van der Waals surface area (Å²) < 4.78 is 10.7. The van der Waals surface area contributed by atoms with Crippen molar-refractivity contribution in [2.75, 3.05) is 13.2 Å². The number of carbonyl (C=O) groups is 2. The molecule has 5 nitrogen and oxygen atoms in total. The zero-order valence-corrected chi connectivity index (χ0v) is 15.5. The molecule has 5 heteroatoms. The number of unbranched alkanes of at least 4 members (excludes halogenated alkanes) is 6. The van der Waals surface area contributed by atoms with Crippen LogP contribution in [0.15, 0.2) is 0 Å². The normalized spacial score (nSPS) is 15.9. The van der Waals surface area contributed by atoms with Crippen LogP contribution in [0.25, 0.3) is 0 Å². The molecule has 1 fully saturated rings. The second-order valence-corrected chi connectivity index (χ2v) is 6.81. The van der Waals surface area contributed by atoms with Crippen LogP contribution in [0.5, 0.6) is 0 Å². The molecule has 1 rings (SSSR count). The summed E-state index contributed by atoms with van der Waals surface area (Å²) in [5, 5.41) is 2.80. The van der Waals surface area contributed by atoms with Crippen molar-refractivity contribution in [2.45, 2.75) is 96.4 Å². The molecule has 0 spiro atoms. The van der Waals surface area contributed by atoms with E-state index in [0.29, 0.717) is 26.1 Å². The van der Waals surface area contributed by atoms with E-state index in [1.54, 1.807) is 0 Å². The molecule has 1 saturated carbocycles. The van der Waals surface area contributed by atoms with E-state index in [1.165, 1.54) is 0 Å². The smallest absolute Gasteiger partial charge is 0.408 e. The maximum atomic E-state index is 12.5. The summed E-state index contributed by atoms with van der Waals surface area (Å²) in [5.74, 6) is -0.292. The highest BCUT2D eigenvalue weighted by atomic mass is 16.6. The molecule has 0 heterocycles. The monoisotopic (exact) mass is 341 g/mol. The molecular formula is C19H35NO4. The Labute approximate surface area is 146 Å². The zero-order chi connectivity index (χ0) is 17.7. The molecule has 0 radical (unpaired) electrons. The van der Waals surface area contributed by atoms with Gasteiger partial charge in [-0.3, -0.25) is 0 Å².